The number of carbonyl (C=O) groups excluding carboxylic acids is 6. The molecule has 0 saturated carbocycles. The van der Waals surface area contributed by atoms with Crippen molar-refractivity contribution in [1.82, 2.24) is 9.97 Å². The summed E-state index contributed by atoms with van der Waals surface area (Å²) in [7, 11) is 0. The topological polar surface area (TPSA) is 315 Å². The fraction of sp³-hybridized carbons (Fsp3) is 0.552. The molecule has 2 aliphatic rings. The van der Waals surface area contributed by atoms with Crippen LogP contribution >= 0.6 is 24.4 Å². The van der Waals surface area contributed by atoms with Gasteiger partial charge in [0.25, 0.3) is 11.3 Å². The van der Waals surface area contributed by atoms with E-state index in [0.717, 1.165) is 0 Å². The molecule has 2 saturated heterocycles. The number of rotatable bonds is 11. The number of carboxylic acid groups (broad SMARTS) is 2. The summed E-state index contributed by atoms with van der Waals surface area (Å²) in [5.74, 6) is -5.50. The lowest BCUT2D eigenvalue weighted by Gasteiger charge is -2.28. The number of aromatic nitrogens is 2. The highest BCUT2D eigenvalue weighted by atomic mass is 32.1. The van der Waals surface area contributed by atoms with E-state index < -0.39 is 35.6 Å². The van der Waals surface area contributed by atoms with Gasteiger partial charge in [-0.25, -0.2) is 0 Å². The minimum atomic E-state index is -1.08. The number of hydrogen-bond acceptors (Lipinski definition) is 15. The summed E-state index contributed by atoms with van der Waals surface area (Å²) in [6.45, 7) is 4.94. The number of cyclic esters (lactones) is 4. The van der Waals surface area contributed by atoms with Crippen LogP contribution in [0.4, 0.5) is 0 Å². The molecule has 0 unspecified atom stereocenters. The SMILES string of the molecule is CC1(C)OC(=O)CC(=O)O1.CCOC(=O)CC(=O)CCCC(=O)O.NC(N)=S.O=C(O)CCCc1cc(=O)[nH]c(=S)[nH]1.O=C1CCCC(=O)O1. The largest absolute Gasteiger partial charge is 0.481 e. The highest BCUT2D eigenvalue weighted by molar-refractivity contribution is 7.80. The molecule has 0 atom stereocenters. The highest BCUT2D eigenvalue weighted by Crippen LogP contribution is 2.18. The maximum absolute atomic E-state index is 11.0. The average molecular weight is 751 g/mol. The third kappa shape index (κ3) is 30.3. The van der Waals surface area contributed by atoms with Gasteiger partial charge >= 0.3 is 41.8 Å². The number of carboxylic acids is 2. The lowest BCUT2D eigenvalue weighted by atomic mass is 10.1. The molecule has 21 heteroatoms. The van der Waals surface area contributed by atoms with Gasteiger partial charge in [-0.2, -0.15) is 0 Å². The average Bonchev–Trinajstić information content (AvgIpc) is 2.91. The van der Waals surface area contributed by atoms with Crippen LogP contribution in [-0.2, 0) is 63.7 Å². The van der Waals surface area contributed by atoms with Crippen molar-refractivity contribution in [3.8, 4) is 0 Å². The number of thiocarbonyl (C=S) groups is 1. The van der Waals surface area contributed by atoms with Crippen molar-refractivity contribution in [2.24, 2.45) is 11.5 Å². The summed E-state index contributed by atoms with van der Waals surface area (Å²) in [4.78, 5) is 99.9. The Bertz CT molecular complexity index is 1410. The van der Waals surface area contributed by atoms with Crippen LogP contribution in [-0.4, -0.2) is 85.3 Å². The molecule has 0 radical (unpaired) electrons. The molecule has 1 aromatic rings. The van der Waals surface area contributed by atoms with Crippen molar-refractivity contribution in [1.29, 1.82) is 0 Å². The predicted octanol–water partition coefficient (Wildman–Crippen LogP) is 1.24. The number of Topliss-reactive ketones (excluding diaryl/α,β-unsaturated/α-hetero) is 1. The third-order valence-electron chi connectivity index (χ3n) is 5.14. The molecular weight excluding hydrogens is 708 g/mol. The Morgan fingerprint density at radius 3 is 1.78 bits per heavy atom. The summed E-state index contributed by atoms with van der Waals surface area (Å²) >= 11 is 8.85. The smallest absolute Gasteiger partial charge is 0.320 e. The summed E-state index contributed by atoms with van der Waals surface area (Å²) < 4.78 is 18.4. The lowest BCUT2D eigenvalue weighted by Crippen LogP contribution is -2.39. The van der Waals surface area contributed by atoms with E-state index in [4.69, 9.17) is 22.4 Å². The van der Waals surface area contributed by atoms with Gasteiger partial charge in [0.1, 0.15) is 18.6 Å². The number of aromatic amines is 2. The van der Waals surface area contributed by atoms with Crippen LogP contribution in [0.25, 0.3) is 0 Å². The molecule has 0 bridgehead atoms. The number of ether oxygens (including phenoxy) is 4. The lowest BCUT2D eigenvalue weighted by molar-refractivity contribution is -0.231. The van der Waals surface area contributed by atoms with Crippen LogP contribution in [0.1, 0.15) is 90.7 Å². The van der Waals surface area contributed by atoms with Crippen molar-refractivity contribution < 1.29 is 67.5 Å². The molecule has 1 aromatic heterocycles. The standard InChI is InChI=1S/C9H14O5.C8H10N2O3S.C6H8O4.C5H6O3.CH4N2S/c1-2-14-9(13)6-7(10)4-3-5-8(11)12;11-6-4-5(9-8(14)10-6)2-1-3-7(12)13;1-6(2)9-4(7)3-5(8)10-6;6-4-2-1-3-5(7)8-4;2-1(3)4/h2-6H2,1H3,(H,11,12);4H,1-3H2,(H,12,13)(H2,9,10,11,14);3H2,1-2H3;1-3H2;(H4,2,3,4). The number of nitrogens with two attached hydrogens (primary N) is 2. The molecule has 2 aliphatic heterocycles. The Morgan fingerprint density at radius 2 is 1.38 bits per heavy atom. The normalized spacial score (nSPS) is 13.9. The van der Waals surface area contributed by atoms with Gasteiger partial charge in [-0.3, -0.25) is 48.1 Å². The summed E-state index contributed by atoms with van der Waals surface area (Å²) in [6, 6.07) is 1.39. The van der Waals surface area contributed by atoms with Crippen LogP contribution in [0.5, 0.6) is 0 Å². The first-order chi connectivity index (χ1) is 23.1. The van der Waals surface area contributed by atoms with Crippen molar-refractivity contribution in [2.45, 2.75) is 97.2 Å². The third-order valence-corrected chi connectivity index (χ3v) is 5.35. The molecule has 0 aromatic carbocycles. The van der Waals surface area contributed by atoms with Crippen molar-refractivity contribution in [2.75, 3.05) is 6.61 Å². The minimum absolute atomic E-state index is 0.000000000000000222. The quantitative estimate of drug-likeness (QED) is 0.0802. The van der Waals surface area contributed by atoms with E-state index in [-0.39, 0.29) is 78.3 Å². The second kappa shape index (κ2) is 25.9. The van der Waals surface area contributed by atoms with Crippen LogP contribution in [0, 0.1) is 4.77 Å². The zero-order valence-electron chi connectivity index (χ0n) is 27.7. The Morgan fingerprint density at radius 1 is 0.880 bits per heavy atom. The maximum atomic E-state index is 11.0. The number of aryl methyl sites for hydroxylation is 1. The molecule has 3 rings (SSSR count). The van der Waals surface area contributed by atoms with E-state index in [9.17, 15) is 43.2 Å². The zero-order chi connectivity index (χ0) is 38.9. The molecule has 50 heavy (non-hydrogen) atoms. The monoisotopic (exact) mass is 750 g/mol. The van der Waals surface area contributed by atoms with E-state index in [1.165, 1.54) is 19.9 Å². The second-order valence-corrected chi connectivity index (χ2v) is 11.1. The van der Waals surface area contributed by atoms with E-state index >= 15 is 0 Å². The van der Waals surface area contributed by atoms with Crippen LogP contribution in [0.3, 0.4) is 0 Å². The van der Waals surface area contributed by atoms with Gasteiger partial charge in [0.15, 0.2) is 9.88 Å². The molecule has 0 aliphatic carbocycles. The minimum Gasteiger partial charge on any atom is -0.481 e. The fourth-order valence-corrected chi connectivity index (χ4v) is 3.58. The van der Waals surface area contributed by atoms with Gasteiger partial charge in [0.05, 0.1) is 6.61 Å². The van der Waals surface area contributed by atoms with E-state index in [1.807, 2.05) is 0 Å². The number of H-pyrrole nitrogens is 2. The summed E-state index contributed by atoms with van der Waals surface area (Å²) in [5.41, 5.74) is 9.64. The van der Waals surface area contributed by atoms with Crippen molar-refractivity contribution in [3.05, 3.63) is 26.9 Å². The molecule has 0 spiro atoms. The molecule has 280 valence electrons. The molecule has 8 N–H and O–H groups in total. The number of nitrogens with one attached hydrogen (secondary N) is 2. The Labute approximate surface area is 296 Å². The first-order valence-corrected chi connectivity index (χ1v) is 15.6. The number of hydrogen-bond donors (Lipinski definition) is 6. The van der Waals surface area contributed by atoms with Crippen LogP contribution < -0.4 is 17.0 Å². The van der Waals surface area contributed by atoms with E-state index in [2.05, 4.69) is 52.6 Å². The molecule has 19 nitrogen and oxygen atoms in total. The summed E-state index contributed by atoms with van der Waals surface area (Å²) in [6.07, 6.45) is 2.34. The van der Waals surface area contributed by atoms with Gasteiger partial charge in [-0.05, 0) is 57.0 Å². The number of esters is 5. The fourth-order valence-electron chi connectivity index (χ4n) is 3.35. The van der Waals surface area contributed by atoms with Crippen molar-refractivity contribution in [3.63, 3.8) is 0 Å². The molecule has 3 heterocycles. The van der Waals surface area contributed by atoms with Crippen LogP contribution in [0.2, 0.25) is 0 Å². The first kappa shape index (κ1) is 47.1. The van der Waals surface area contributed by atoms with Gasteiger partial charge < -0.3 is 45.6 Å². The number of ketones is 1. The van der Waals surface area contributed by atoms with E-state index in [1.54, 1.807) is 6.92 Å². The first-order valence-electron chi connectivity index (χ1n) is 14.8. The number of aliphatic carboxylic acids is 2. The highest BCUT2D eigenvalue weighted by Gasteiger charge is 2.34. The molecular formula is C29H42N4O15S2. The van der Waals surface area contributed by atoms with Crippen LogP contribution in [0.15, 0.2) is 10.9 Å². The Hall–Kier alpha value is -5.05. The Balaban J connectivity index is 0. The summed E-state index contributed by atoms with van der Waals surface area (Å²) in [5, 5.41) is 16.7. The number of carbonyl (C=O) groups is 8. The van der Waals surface area contributed by atoms with Gasteiger partial charge in [-0.1, -0.05) is 0 Å². The predicted molar refractivity (Wildman–Crippen MR) is 177 cm³/mol. The van der Waals surface area contributed by atoms with Gasteiger partial charge in [0.2, 0.25) is 0 Å². The second-order valence-electron chi connectivity index (χ2n) is 10.3. The molecule has 2 fully saturated rings. The van der Waals surface area contributed by atoms with E-state index in [0.29, 0.717) is 37.8 Å². The van der Waals surface area contributed by atoms with Gasteiger partial charge in [-0.15, -0.1) is 0 Å². The Kier molecular flexibility index (Phi) is 24.4. The molecule has 0 amide bonds. The van der Waals surface area contributed by atoms with Gasteiger partial charge in [0, 0.05) is 57.7 Å². The van der Waals surface area contributed by atoms with Crippen molar-refractivity contribution >= 4 is 77.1 Å². The maximum Gasteiger partial charge on any atom is 0.320 e. The zero-order valence-corrected chi connectivity index (χ0v) is 29.4.